The molecular formula is C22H20O2. The normalized spacial score (nSPS) is 22.5. The lowest BCUT2D eigenvalue weighted by atomic mass is 9.80. The van der Waals surface area contributed by atoms with Crippen LogP contribution in [-0.4, -0.2) is 5.11 Å². The molecular weight excluding hydrogens is 296 g/mol. The molecule has 2 heteroatoms. The minimum absolute atomic E-state index is 0.0234. The second-order valence-electron chi connectivity index (χ2n) is 6.29. The van der Waals surface area contributed by atoms with Crippen LogP contribution in [0.25, 0.3) is 0 Å². The Labute approximate surface area is 142 Å². The molecule has 24 heavy (non-hydrogen) atoms. The highest BCUT2D eigenvalue weighted by molar-refractivity contribution is 5.39. The van der Waals surface area contributed by atoms with Gasteiger partial charge in [-0.05, 0) is 23.6 Å². The van der Waals surface area contributed by atoms with Gasteiger partial charge in [0, 0.05) is 11.5 Å². The van der Waals surface area contributed by atoms with Gasteiger partial charge in [-0.2, -0.15) is 0 Å². The van der Waals surface area contributed by atoms with E-state index in [-0.39, 0.29) is 12.0 Å². The van der Waals surface area contributed by atoms with Gasteiger partial charge in [0.05, 0.1) is 6.10 Å². The van der Waals surface area contributed by atoms with E-state index in [4.69, 9.17) is 4.74 Å². The Morgan fingerprint density at radius 3 is 2.12 bits per heavy atom. The third kappa shape index (κ3) is 2.81. The molecule has 1 aliphatic rings. The van der Waals surface area contributed by atoms with Crippen molar-refractivity contribution < 1.29 is 9.84 Å². The molecule has 1 aliphatic heterocycles. The van der Waals surface area contributed by atoms with Crippen molar-refractivity contribution in [2.24, 2.45) is 5.92 Å². The number of aliphatic hydroxyl groups excluding tert-OH is 1. The first-order chi connectivity index (χ1) is 11.8. The number of fused-ring (bicyclic) bond motifs is 1. The fraction of sp³-hybridized carbons (Fsp3) is 0.182. The number of ether oxygens (including phenoxy) is 1. The van der Waals surface area contributed by atoms with E-state index < -0.39 is 6.10 Å². The van der Waals surface area contributed by atoms with Gasteiger partial charge in [0.25, 0.3) is 0 Å². The summed E-state index contributed by atoms with van der Waals surface area (Å²) in [6.07, 6.45) is 0.0762. The van der Waals surface area contributed by atoms with Crippen LogP contribution in [0.4, 0.5) is 0 Å². The van der Waals surface area contributed by atoms with Gasteiger partial charge in [-0.3, -0.25) is 0 Å². The van der Waals surface area contributed by atoms with Crippen LogP contribution in [0, 0.1) is 5.92 Å². The van der Waals surface area contributed by atoms with Crippen molar-refractivity contribution in [2.75, 3.05) is 0 Å². The molecule has 1 N–H and O–H groups in total. The summed E-state index contributed by atoms with van der Waals surface area (Å²) in [5.41, 5.74) is 3.20. The first-order valence-corrected chi connectivity index (χ1v) is 8.35. The predicted octanol–water partition coefficient (Wildman–Crippen LogP) is 4.71. The van der Waals surface area contributed by atoms with Crippen molar-refractivity contribution in [2.45, 2.75) is 18.6 Å². The quantitative estimate of drug-likeness (QED) is 0.758. The van der Waals surface area contributed by atoms with Crippen molar-refractivity contribution in [1.29, 1.82) is 0 Å². The number of rotatable bonds is 3. The number of hydrogen-bond donors (Lipinski definition) is 1. The first-order valence-electron chi connectivity index (χ1n) is 8.35. The third-order valence-corrected chi connectivity index (χ3v) is 4.73. The molecule has 3 aromatic carbocycles. The lowest BCUT2D eigenvalue weighted by molar-refractivity contribution is -0.00177. The largest absolute Gasteiger partial charge is 0.485 e. The molecule has 3 atom stereocenters. The molecule has 0 saturated heterocycles. The molecule has 3 aromatic rings. The van der Waals surface area contributed by atoms with E-state index in [0.717, 1.165) is 23.3 Å². The Kier molecular flexibility index (Phi) is 4.06. The SMILES string of the molecule is O[C@@H]1c2ccccc2O[C@H](c2ccccc2)[C@H]1Cc1ccccc1. The zero-order chi connectivity index (χ0) is 16.4. The molecule has 2 nitrogen and oxygen atoms in total. The minimum atomic E-state index is -0.541. The van der Waals surface area contributed by atoms with Crippen LogP contribution in [0.2, 0.25) is 0 Å². The van der Waals surface area contributed by atoms with Crippen LogP contribution in [0.3, 0.4) is 0 Å². The van der Waals surface area contributed by atoms with Gasteiger partial charge >= 0.3 is 0 Å². The molecule has 0 radical (unpaired) electrons. The standard InChI is InChI=1S/C22H20O2/c23-21-18-13-7-8-14-20(18)24-22(17-11-5-2-6-12-17)19(21)15-16-9-3-1-4-10-16/h1-14,19,21-23H,15H2/t19-,21+,22+/m0/s1. The maximum atomic E-state index is 11.0. The Balaban J connectivity index is 1.74. The average Bonchev–Trinajstić information content (AvgIpc) is 2.65. The van der Waals surface area contributed by atoms with E-state index in [0.29, 0.717) is 0 Å². The van der Waals surface area contributed by atoms with Crippen LogP contribution >= 0.6 is 0 Å². The summed E-state index contributed by atoms with van der Waals surface area (Å²) in [6, 6.07) is 28.3. The third-order valence-electron chi connectivity index (χ3n) is 4.73. The second-order valence-corrected chi connectivity index (χ2v) is 6.29. The number of aliphatic hydroxyl groups is 1. The Hall–Kier alpha value is -2.58. The van der Waals surface area contributed by atoms with E-state index in [2.05, 4.69) is 24.3 Å². The number of hydrogen-bond acceptors (Lipinski definition) is 2. The van der Waals surface area contributed by atoms with Gasteiger partial charge in [-0.1, -0.05) is 78.9 Å². The minimum Gasteiger partial charge on any atom is -0.485 e. The van der Waals surface area contributed by atoms with Crippen LogP contribution in [0.5, 0.6) is 5.75 Å². The van der Waals surface area contributed by atoms with E-state index in [9.17, 15) is 5.11 Å². The summed E-state index contributed by atoms with van der Waals surface area (Å²) in [5, 5.41) is 11.0. The van der Waals surface area contributed by atoms with E-state index in [1.807, 2.05) is 60.7 Å². The van der Waals surface area contributed by atoms with Crippen LogP contribution < -0.4 is 4.74 Å². The highest BCUT2D eigenvalue weighted by Gasteiger charge is 2.38. The lowest BCUT2D eigenvalue weighted by Gasteiger charge is -2.37. The van der Waals surface area contributed by atoms with Gasteiger partial charge < -0.3 is 9.84 Å². The average molecular weight is 316 g/mol. The van der Waals surface area contributed by atoms with Crippen LogP contribution in [0.1, 0.15) is 28.9 Å². The molecule has 0 saturated carbocycles. The fourth-order valence-corrected chi connectivity index (χ4v) is 3.52. The molecule has 0 spiro atoms. The summed E-state index contributed by atoms with van der Waals surface area (Å²) in [6.45, 7) is 0. The highest BCUT2D eigenvalue weighted by atomic mass is 16.5. The molecule has 120 valence electrons. The van der Waals surface area contributed by atoms with E-state index in [1.165, 1.54) is 5.56 Å². The van der Waals surface area contributed by atoms with Crippen LogP contribution in [-0.2, 0) is 6.42 Å². The molecule has 0 unspecified atom stereocenters. The zero-order valence-electron chi connectivity index (χ0n) is 13.4. The Morgan fingerprint density at radius 2 is 1.38 bits per heavy atom. The summed E-state index contributed by atoms with van der Waals surface area (Å²) in [7, 11) is 0. The molecule has 0 aliphatic carbocycles. The molecule has 0 amide bonds. The summed E-state index contributed by atoms with van der Waals surface area (Å²) >= 11 is 0. The van der Waals surface area contributed by atoms with Gasteiger partial charge in [0.2, 0.25) is 0 Å². The fourth-order valence-electron chi connectivity index (χ4n) is 3.52. The van der Waals surface area contributed by atoms with Crippen molar-refractivity contribution in [3.05, 3.63) is 102 Å². The van der Waals surface area contributed by atoms with Crippen molar-refractivity contribution in [1.82, 2.24) is 0 Å². The summed E-state index contributed by atoms with van der Waals surface area (Å²) in [5.74, 6) is 0.757. The smallest absolute Gasteiger partial charge is 0.130 e. The molecule has 1 heterocycles. The molecule has 0 aromatic heterocycles. The predicted molar refractivity (Wildman–Crippen MR) is 94.8 cm³/mol. The molecule has 0 bridgehead atoms. The van der Waals surface area contributed by atoms with Gasteiger partial charge in [-0.15, -0.1) is 0 Å². The number of benzene rings is 3. The summed E-state index contributed by atoms with van der Waals surface area (Å²) in [4.78, 5) is 0. The topological polar surface area (TPSA) is 29.5 Å². The highest BCUT2D eigenvalue weighted by Crippen LogP contribution is 2.46. The maximum Gasteiger partial charge on any atom is 0.130 e. The maximum absolute atomic E-state index is 11.0. The van der Waals surface area contributed by atoms with Gasteiger partial charge in [0.1, 0.15) is 11.9 Å². The van der Waals surface area contributed by atoms with Crippen LogP contribution in [0.15, 0.2) is 84.9 Å². The van der Waals surface area contributed by atoms with Crippen molar-refractivity contribution in [3.63, 3.8) is 0 Å². The Morgan fingerprint density at radius 1 is 0.750 bits per heavy atom. The van der Waals surface area contributed by atoms with Crippen molar-refractivity contribution in [3.8, 4) is 5.75 Å². The van der Waals surface area contributed by atoms with Gasteiger partial charge in [0.15, 0.2) is 0 Å². The zero-order valence-corrected chi connectivity index (χ0v) is 13.4. The van der Waals surface area contributed by atoms with Gasteiger partial charge in [-0.25, -0.2) is 0 Å². The first kappa shape index (κ1) is 15.0. The number of para-hydroxylation sites is 1. The lowest BCUT2D eigenvalue weighted by Crippen LogP contribution is -2.31. The monoisotopic (exact) mass is 316 g/mol. The summed E-state index contributed by atoms with van der Waals surface area (Å²) < 4.78 is 6.31. The molecule has 0 fully saturated rings. The second kappa shape index (κ2) is 6.50. The molecule has 4 rings (SSSR count). The van der Waals surface area contributed by atoms with E-state index >= 15 is 0 Å². The van der Waals surface area contributed by atoms with Crippen molar-refractivity contribution >= 4 is 0 Å². The van der Waals surface area contributed by atoms with E-state index in [1.54, 1.807) is 0 Å². The Bertz CT molecular complexity index is 798.